The Morgan fingerprint density at radius 1 is 1.05 bits per heavy atom. The molecule has 0 saturated carbocycles. The molecule has 3 N–H and O–H groups in total. The normalized spacial score (nSPS) is 13.3. The van der Waals surface area contributed by atoms with Gasteiger partial charge in [-0.2, -0.15) is 0 Å². The standard InChI is InChI=1S/C16H16N2O/c17-16(19)8-11-4-1-2-6-13(11)14-7-3-5-12-9-18-10-15(12)14/h1-7,18H,8-10H2,(H2,17,19). The van der Waals surface area contributed by atoms with Gasteiger partial charge in [-0.05, 0) is 27.8 Å². The largest absolute Gasteiger partial charge is 0.369 e. The van der Waals surface area contributed by atoms with Crippen LogP contribution in [0.25, 0.3) is 11.1 Å². The summed E-state index contributed by atoms with van der Waals surface area (Å²) in [7, 11) is 0. The maximum atomic E-state index is 11.2. The van der Waals surface area contributed by atoms with E-state index < -0.39 is 0 Å². The van der Waals surface area contributed by atoms with Gasteiger partial charge in [-0.25, -0.2) is 0 Å². The lowest BCUT2D eigenvalue weighted by molar-refractivity contribution is -0.117. The smallest absolute Gasteiger partial charge is 0.221 e. The van der Waals surface area contributed by atoms with Gasteiger partial charge in [0.25, 0.3) is 0 Å². The van der Waals surface area contributed by atoms with Crippen molar-refractivity contribution in [2.24, 2.45) is 5.73 Å². The molecule has 0 bridgehead atoms. The van der Waals surface area contributed by atoms with Gasteiger partial charge in [0.2, 0.25) is 5.91 Å². The molecule has 96 valence electrons. The Kier molecular flexibility index (Phi) is 3.05. The lowest BCUT2D eigenvalue weighted by Crippen LogP contribution is -2.14. The Morgan fingerprint density at radius 3 is 2.68 bits per heavy atom. The second kappa shape index (κ2) is 4.86. The average molecular weight is 252 g/mol. The van der Waals surface area contributed by atoms with E-state index in [4.69, 9.17) is 5.73 Å². The maximum Gasteiger partial charge on any atom is 0.221 e. The van der Waals surface area contributed by atoms with E-state index in [1.54, 1.807) is 0 Å². The summed E-state index contributed by atoms with van der Waals surface area (Å²) in [4.78, 5) is 11.2. The second-order valence-corrected chi connectivity index (χ2v) is 4.85. The zero-order valence-corrected chi connectivity index (χ0v) is 10.6. The SMILES string of the molecule is NC(=O)Cc1ccccc1-c1cccc2c1CNC2. The molecule has 2 aromatic carbocycles. The molecular weight excluding hydrogens is 236 g/mol. The first-order valence-corrected chi connectivity index (χ1v) is 6.44. The lowest BCUT2D eigenvalue weighted by Gasteiger charge is -2.12. The van der Waals surface area contributed by atoms with E-state index in [1.807, 2.05) is 18.2 Å². The highest BCUT2D eigenvalue weighted by molar-refractivity contribution is 5.81. The van der Waals surface area contributed by atoms with Crippen molar-refractivity contribution in [1.29, 1.82) is 0 Å². The van der Waals surface area contributed by atoms with Crippen LogP contribution in [-0.2, 0) is 24.3 Å². The van der Waals surface area contributed by atoms with Crippen molar-refractivity contribution in [2.45, 2.75) is 19.5 Å². The summed E-state index contributed by atoms with van der Waals surface area (Å²) in [5.41, 5.74) is 11.3. The quantitative estimate of drug-likeness (QED) is 0.877. The van der Waals surface area contributed by atoms with Gasteiger partial charge in [-0.1, -0.05) is 42.5 Å². The molecule has 0 atom stereocenters. The number of nitrogens with one attached hydrogen (secondary N) is 1. The predicted octanol–water partition coefficient (Wildman–Crippen LogP) is 1.98. The molecule has 3 nitrogen and oxygen atoms in total. The fourth-order valence-electron chi connectivity index (χ4n) is 2.71. The van der Waals surface area contributed by atoms with Crippen LogP contribution in [0.2, 0.25) is 0 Å². The van der Waals surface area contributed by atoms with Crippen molar-refractivity contribution in [3.63, 3.8) is 0 Å². The first-order chi connectivity index (χ1) is 9.25. The number of rotatable bonds is 3. The molecule has 1 heterocycles. The molecule has 0 radical (unpaired) electrons. The Labute approximate surface area is 112 Å². The number of amides is 1. The molecule has 2 aromatic rings. The van der Waals surface area contributed by atoms with Crippen LogP contribution in [0.15, 0.2) is 42.5 Å². The summed E-state index contributed by atoms with van der Waals surface area (Å²) < 4.78 is 0. The van der Waals surface area contributed by atoms with Crippen LogP contribution in [0.4, 0.5) is 0 Å². The predicted molar refractivity (Wildman–Crippen MR) is 75.3 cm³/mol. The third-order valence-corrected chi connectivity index (χ3v) is 3.56. The number of nitrogens with two attached hydrogens (primary N) is 1. The summed E-state index contributed by atoms with van der Waals surface area (Å²) in [6.45, 7) is 1.80. The molecule has 1 aliphatic heterocycles. The van der Waals surface area contributed by atoms with Crippen molar-refractivity contribution in [3.8, 4) is 11.1 Å². The summed E-state index contributed by atoms with van der Waals surface area (Å²) in [5.74, 6) is -0.293. The number of hydrogen-bond donors (Lipinski definition) is 2. The van der Waals surface area contributed by atoms with Gasteiger partial charge < -0.3 is 11.1 Å². The molecule has 19 heavy (non-hydrogen) atoms. The Morgan fingerprint density at radius 2 is 1.84 bits per heavy atom. The van der Waals surface area contributed by atoms with Gasteiger partial charge in [0, 0.05) is 13.1 Å². The molecule has 0 unspecified atom stereocenters. The van der Waals surface area contributed by atoms with E-state index >= 15 is 0 Å². The van der Waals surface area contributed by atoms with Gasteiger partial charge in [0.1, 0.15) is 0 Å². The molecular formula is C16H16N2O. The van der Waals surface area contributed by atoms with Crippen LogP contribution < -0.4 is 11.1 Å². The molecule has 0 aliphatic carbocycles. The fourth-order valence-corrected chi connectivity index (χ4v) is 2.71. The van der Waals surface area contributed by atoms with Crippen molar-refractivity contribution < 1.29 is 4.79 Å². The monoisotopic (exact) mass is 252 g/mol. The van der Waals surface area contributed by atoms with Crippen molar-refractivity contribution in [3.05, 3.63) is 59.2 Å². The molecule has 0 fully saturated rings. The van der Waals surface area contributed by atoms with E-state index in [1.165, 1.54) is 16.7 Å². The molecule has 1 aliphatic rings. The minimum absolute atomic E-state index is 0.285. The highest BCUT2D eigenvalue weighted by Gasteiger charge is 2.16. The Hall–Kier alpha value is -2.13. The maximum absolute atomic E-state index is 11.2. The summed E-state index contributed by atoms with van der Waals surface area (Å²) in [6.07, 6.45) is 0.285. The average Bonchev–Trinajstić information content (AvgIpc) is 2.87. The van der Waals surface area contributed by atoms with Crippen LogP contribution >= 0.6 is 0 Å². The van der Waals surface area contributed by atoms with E-state index in [0.29, 0.717) is 0 Å². The topological polar surface area (TPSA) is 55.1 Å². The number of benzene rings is 2. The first-order valence-electron chi connectivity index (χ1n) is 6.44. The van der Waals surface area contributed by atoms with Crippen LogP contribution in [0.5, 0.6) is 0 Å². The summed E-state index contributed by atoms with van der Waals surface area (Å²) >= 11 is 0. The number of carbonyl (C=O) groups excluding carboxylic acids is 1. The fraction of sp³-hybridized carbons (Fsp3) is 0.188. The molecule has 3 rings (SSSR count). The minimum Gasteiger partial charge on any atom is -0.369 e. The number of primary amides is 1. The van der Waals surface area contributed by atoms with Crippen molar-refractivity contribution >= 4 is 5.91 Å². The first kappa shape index (κ1) is 11.9. The molecule has 3 heteroatoms. The summed E-state index contributed by atoms with van der Waals surface area (Å²) in [6, 6.07) is 14.3. The second-order valence-electron chi connectivity index (χ2n) is 4.85. The third-order valence-electron chi connectivity index (χ3n) is 3.56. The van der Waals surface area contributed by atoms with E-state index in [2.05, 4.69) is 29.6 Å². The van der Waals surface area contributed by atoms with E-state index in [9.17, 15) is 4.79 Å². The molecule has 0 spiro atoms. The van der Waals surface area contributed by atoms with Crippen LogP contribution in [0, 0.1) is 0 Å². The number of fused-ring (bicyclic) bond motifs is 1. The van der Waals surface area contributed by atoms with E-state index in [0.717, 1.165) is 24.2 Å². The van der Waals surface area contributed by atoms with Gasteiger partial charge in [0.15, 0.2) is 0 Å². The van der Waals surface area contributed by atoms with Gasteiger partial charge in [-0.15, -0.1) is 0 Å². The highest BCUT2D eigenvalue weighted by Crippen LogP contribution is 2.31. The molecule has 1 amide bonds. The lowest BCUT2D eigenvalue weighted by atomic mass is 9.92. The van der Waals surface area contributed by atoms with Crippen molar-refractivity contribution in [1.82, 2.24) is 5.32 Å². The number of carbonyl (C=O) groups is 1. The van der Waals surface area contributed by atoms with Crippen molar-refractivity contribution in [2.75, 3.05) is 0 Å². The van der Waals surface area contributed by atoms with Gasteiger partial charge in [-0.3, -0.25) is 4.79 Å². The van der Waals surface area contributed by atoms with Crippen LogP contribution in [-0.4, -0.2) is 5.91 Å². The minimum atomic E-state index is -0.293. The third kappa shape index (κ3) is 2.25. The Bertz CT molecular complexity index is 634. The zero-order chi connectivity index (χ0) is 13.2. The van der Waals surface area contributed by atoms with Gasteiger partial charge in [0.05, 0.1) is 6.42 Å². The summed E-state index contributed by atoms with van der Waals surface area (Å²) in [5, 5.41) is 3.37. The van der Waals surface area contributed by atoms with Crippen LogP contribution in [0.1, 0.15) is 16.7 Å². The van der Waals surface area contributed by atoms with Gasteiger partial charge >= 0.3 is 0 Å². The highest BCUT2D eigenvalue weighted by atomic mass is 16.1. The molecule has 0 aromatic heterocycles. The zero-order valence-electron chi connectivity index (χ0n) is 10.6. The van der Waals surface area contributed by atoms with Crippen LogP contribution in [0.3, 0.4) is 0 Å². The molecule has 0 saturated heterocycles. The number of hydrogen-bond acceptors (Lipinski definition) is 2. The Balaban J connectivity index is 2.12. The van der Waals surface area contributed by atoms with E-state index in [-0.39, 0.29) is 12.3 Å².